The molecule has 0 aliphatic carbocycles. The second kappa shape index (κ2) is 3.94. The molecule has 66 valence electrons. The van der Waals surface area contributed by atoms with Crippen molar-refractivity contribution in [2.45, 2.75) is 24.6 Å². The van der Waals surface area contributed by atoms with Crippen LogP contribution in [-0.4, -0.2) is 27.7 Å². The lowest BCUT2D eigenvalue weighted by Crippen LogP contribution is -2.47. The molecule has 0 heterocycles. The van der Waals surface area contributed by atoms with Gasteiger partial charge in [-0.05, 0) is 13.8 Å². The van der Waals surface area contributed by atoms with Crippen molar-refractivity contribution in [1.29, 1.82) is 0 Å². The summed E-state index contributed by atoms with van der Waals surface area (Å²) in [5.41, 5.74) is 10.7. The zero-order valence-corrected chi connectivity index (χ0v) is 7.52. The van der Waals surface area contributed by atoms with E-state index in [0.29, 0.717) is 5.88 Å². The number of nitrogens with two attached hydrogens (primary N) is 2. The van der Waals surface area contributed by atoms with Crippen LogP contribution in [0, 0.1) is 0 Å². The molecule has 0 saturated carbocycles. The molecule has 0 aliphatic heterocycles. The van der Waals surface area contributed by atoms with Crippen LogP contribution in [0.15, 0.2) is 0 Å². The number of hydrogen-bond acceptors (Lipinski definition) is 4. The molecule has 0 aromatic rings. The molecule has 0 unspecified atom stereocenters. The molecule has 0 aromatic carbocycles. The number of thioether (sulfide) groups is 1. The van der Waals surface area contributed by atoms with Crippen molar-refractivity contribution in [1.82, 2.24) is 0 Å². The van der Waals surface area contributed by atoms with Gasteiger partial charge in [0.15, 0.2) is 0 Å². The van der Waals surface area contributed by atoms with Crippen LogP contribution < -0.4 is 11.5 Å². The van der Waals surface area contributed by atoms with Gasteiger partial charge in [0.1, 0.15) is 6.04 Å². The third-order valence-electron chi connectivity index (χ3n) is 1.47. The van der Waals surface area contributed by atoms with Gasteiger partial charge in [0.05, 0.1) is 0 Å². The molecule has 0 amide bonds. The molecule has 0 aliphatic rings. The maximum atomic E-state index is 10.4. The van der Waals surface area contributed by atoms with Crippen molar-refractivity contribution in [3.63, 3.8) is 0 Å². The van der Waals surface area contributed by atoms with E-state index in [1.54, 1.807) is 13.8 Å². The Labute approximate surface area is 70.3 Å². The van der Waals surface area contributed by atoms with Crippen molar-refractivity contribution in [2.75, 3.05) is 5.88 Å². The average Bonchev–Trinajstić information content (AvgIpc) is 1.86. The molecule has 5 heteroatoms. The predicted octanol–water partition coefficient (Wildman–Crippen LogP) is -0.174. The first-order valence-corrected chi connectivity index (χ1v) is 4.23. The number of carboxylic acid groups (broad SMARTS) is 1. The summed E-state index contributed by atoms with van der Waals surface area (Å²) in [6, 6.07) is -0.865. The van der Waals surface area contributed by atoms with Gasteiger partial charge in [0.2, 0.25) is 0 Å². The Hall–Kier alpha value is -0.260. The Morgan fingerprint density at radius 2 is 2.18 bits per heavy atom. The van der Waals surface area contributed by atoms with Gasteiger partial charge in [-0.15, -0.1) is 11.8 Å². The fraction of sp³-hybridized carbons (Fsp3) is 0.833. The lowest BCUT2D eigenvalue weighted by Gasteiger charge is -2.26. The minimum Gasteiger partial charge on any atom is -0.480 e. The van der Waals surface area contributed by atoms with Gasteiger partial charge in [-0.3, -0.25) is 4.79 Å². The molecule has 5 N–H and O–H groups in total. The van der Waals surface area contributed by atoms with Crippen LogP contribution in [0.3, 0.4) is 0 Å². The molecular formula is C6H14N2O2S. The Kier molecular flexibility index (Phi) is 3.85. The van der Waals surface area contributed by atoms with Crippen LogP contribution in [0.1, 0.15) is 13.8 Å². The van der Waals surface area contributed by atoms with E-state index < -0.39 is 16.8 Å². The maximum Gasteiger partial charge on any atom is 0.321 e. The summed E-state index contributed by atoms with van der Waals surface area (Å²) in [6.07, 6.45) is 0. The fourth-order valence-electron chi connectivity index (χ4n) is 0.602. The van der Waals surface area contributed by atoms with Gasteiger partial charge in [-0.2, -0.15) is 0 Å². The van der Waals surface area contributed by atoms with Crippen LogP contribution in [0.2, 0.25) is 0 Å². The summed E-state index contributed by atoms with van der Waals surface area (Å²) in [7, 11) is 0. The van der Waals surface area contributed by atoms with E-state index in [1.165, 1.54) is 11.8 Å². The molecule has 0 bridgehead atoms. The molecule has 4 nitrogen and oxygen atoms in total. The molecule has 0 radical (unpaired) electrons. The highest BCUT2D eigenvalue weighted by molar-refractivity contribution is 8.00. The summed E-state index contributed by atoms with van der Waals surface area (Å²) in [4.78, 5) is 10.4. The zero-order valence-electron chi connectivity index (χ0n) is 6.70. The summed E-state index contributed by atoms with van der Waals surface area (Å²) in [6.45, 7) is 3.53. The topological polar surface area (TPSA) is 89.3 Å². The van der Waals surface area contributed by atoms with Gasteiger partial charge >= 0.3 is 5.97 Å². The van der Waals surface area contributed by atoms with Gasteiger partial charge in [0, 0.05) is 10.6 Å². The van der Waals surface area contributed by atoms with E-state index >= 15 is 0 Å². The second-order valence-corrected chi connectivity index (χ2v) is 4.40. The predicted molar refractivity (Wildman–Crippen MR) is 46.3 cm³/mol. The highest BCUT2D eigenvalue weighted by Crippen LogP contribution is 2.25. The minimum absolute atomic E-state index is 0.383. The van der Waals surface area contributed by atoms with E-state index in [0.717, 1.165) is 0 Å². The Morgan fingerprint density at radius 3 is 2.45 bits per heavy atom. The molecule has 11 heavy (non-hydrogen) atoms. The van der Waals surface area contributed by atoms with Gasteiger partial charge < -0.3 is 16.6 Å². The van der Waals surface area contributed by atoms with Crippen molar-refractivity contribution in [3.05, 3.63) is 0 Å². The van der Waals surface area contributed by atoms with E-state index in [-0.39, 0.29) is 0 Å². The standard InChI is InChI=1S/C6H14N2O2S/c1-6(2,11-3-7)4(8)5(9)10/h4H,3,7-8H2,1-2H3,(H,9,10)/t4-/m1/s1. The van der Waals surface area contributed by atoms with Gasteiger partial charge in [0.25, 0.3) is 0 Å². The Bertz CT molecular complexity index is 150. The van der Waals surface area contributed by atoms with Crippen LogP contribution in [-0.2, 0) is 4.79 Å². The molecule has 0 fully saturated rings. The number of carbonyl (C=O) groups is 1. The van der Waals surface area contributed by atoms with Crippen LogP contribution in [0.5, 0.6) is 0 Å². The molecule has 0 rings (SSSR count). The highest BCUT2D eigenvalue weighted by atomic mass is 32.2. The SMILES string of the molecule is CC(C)(SCN)[C@H](N)C(=O)O. The second-order valence-electron chi connectivity index (χ2n) is 2.73. The highest BCUT2D eigenvalue weighted by Gasteiger charge is 2.31. The smallest absolute Gasteiger partial charge is 0.321 e. The van der Waals surface area contributed by atoms with E-state index in [9.17, 15) is 4.79 Å². The first-order valence-electron chi connectivity index (χ1n) is 3.24. The number of rotatable bonds is 4. The average molecular weight is 178 g/mol. The first-order chi connectivity index (χ1) is 4.91. The normalized spacial score (nSPS) is 14.5. The lowest BCUT2D eigenvalue weighted by molar-refractivity contribution is -0.139. The summed E-state index contributed by atoms with van der Waals surface area (Å²) in [5, 5.41) is 8.57. The third-order valence-corrected chi connectivity index (χ3v) is 2.63. The Balaban J connectivity index is 4.16. The fourth-order valence-corrected chi connectivity index (χ4v) is 1.31. The zero-order chi connectivity index (χ0) is 9.07. The van der Waals surface area contributed by atoms with Crippen LogP contribution in [0.4, 0.5) is 0 Å². The van der Waals surface area contributed by atoms with Crippen molar-refractivity contribution in [3.8, 4) is 0 Å². The van der Waals surface area contributed by atoms with Crippen molar-refractivity contribution >= 4 is 17.7 Å². The van der Waals surface area contributed by atoms with Crippen LogP contribution in [0.25, 0.3) is 0 Å². The lowest BCUT2D eigenvalue weighted by atomic mass is 10.1. The monoisotopic (exact) mass is 178 g/mol. The van der Waals surface area contributed by atoms with Crippen molar-refractivity contribution < 1.29 is 9.90 Å². The molecule has 1 atom stereocenters. The molecule has 0 saturated heterocycles. The quantitative estimate of drug-likeness (QED) is 0.520. The minimum atomic E-state index is -0.990. The number of carboxylic acids is 1. The summed E-state index contributed by atoms with van der Waals surface area (Å²) in [5.74, 6) is -0.607. The molecular weight excluding hydrogens is 164 g/mol. The Morgan fingerprint density at radius 1 is 1.73 bits per heavy atom. The molecule has 0 aromatic heterocycles. The van der Waals surface area contributed by atoms with Gasteiger partial charge in [-0.25, -0.2) is 0 Å². The number of hydrogen-bond donors (Lipinski definition) is 3. The van der Waals surface area contributed by atoms with Crippen LogP contribution >= 0.6 is 11.8 Å². The number of aliphatic carboxylic acids is 1. The van der Waals surface area contributed by atoms with Gasteiger partial charge in [-0.1, -0.05) is 0 Å². The van der Waals surface area contributed by atoms with E-state index in [4.69, 9.17) is 16.6 Å². The van der Waals surface area contributed by atoms with E-state index in [1.807, 2.05) is 0 Å². The largest absolute Gasteiger partial charge is 0.480 e. The van der Waals surface area contributed by atoms with E-state index in [2.05, 4.69) is 0 Å². The molecule has 0 spiro atoms. The summed E-state index contributed by atoms with van der Waals surface area (Å²) >= 11 is 1.34. The van der Waals surface area contributed by atoms with Crippen molar-refractivity contribution in [2.24, 2.45) is 11.5 Å². The summed E-state index contributed by atoms with van der Waals surface area (Å²) < 4.78 is -0.499. The third kappa shape index (κ3) is 3.09. The first kappa shape index (κ1) is 10.7. The maximum absolute atomic E-state index is 10.4.